The molecule has 0 aromatic heterocycles. The molecule has 1 aromatic rings. The Kier molecular flexibility index (Phi) is 5.40. The maximum absolute atomic E-state index is 13.6. The summed E-state index contributed by atoms with van der Waals surface area (Å²) in [7, 11) is 4.17. The Morgan fingerprint density at radius 3 is 2.68 bits per heavy atom. The maximum Gasteiger partial charge on any atom is 0.315 e. The molecule has 2 amide bonds. The predicted molar refractivity (Wildman–Crippen MR) is 86.3 cm³/mol. The van der Waals surface area contributed by atoms with E-state index in [9.17, 15) is 9.18 Å². The maximum atomic E-state index is 13.6. The quantitative estimate of drug-likeness (QED) is 0.878. The molecule has 1 aliphatic carbocycles. The van der Waals surface area contributed by atoms with Gasteiger partial charge in [-0.25, -0.2) is 9.18 Å². The molecule has 0 radical (unpaired) electrons. The number of hydrogen-bond acceptors (Lipinski definition) is 2. The fraction of sp³-hybridized carbons (Fsp3) is 0.588. The molecule has 0 spiro atoms. The molecule has 1 atom stereocenters. The summed E-state index contributed by atoms with van der Waals surface area (Å²) in [6.45, 7) is 4.28. The molecule has 0 aliphatic heterocycles. The number of aryl methyl sites for hydroxylation is 1. The van der Waals surface area contributed by atoms with Gasteiger partial charge in [0.15, 0.2) is 0 Å². The fourth-order valence-corrected chi connectivity index (χ4v) is 2.74. The van der Waals surface area contributed by atoms with Crippen molar-refractivity contribution in [2.75, 3.05) is 20.6 Å². The summed E-state index contributed by atoms with van der Waals surface area (Å²) in [5, 5.41) is 5.76. The van der Waals surface area contributed by atoms with Gasteiger partial charge in [-0.2, -0.15) is 0 Å². The van der Waals surface area contributed by atoms with Crippen molar-refractivity contribution in [2.45, 2.75) is 38.8 Å². The van der Waals surface area contributed by atoms with Crippen LogP contribution in [0.25, 0.3) is 0 Å². The second-order valence-corrected chi connectivity index (χ2v) is 6.54. The van der Waals surface area contributed by atoms with Crippen molar-refractivity contribution in [3.05, 3.63) is 35.1 Å². The number of amides is 2. The van der Waals surface area contributed by atoms with Crippen molar-refractivity contribution in [1.29, 1.82) is 0 Å². The number of benzene rings is 1. The first kappa shape index (κ1) is 16.7. The highest BCUT2D eigenvalue weighted by atomic mass is 19.1. The molecule has 0 heterocycles. The van der Waals surface area contributed by atoms with Gasteiger partial charge in [0.2, 0.25) is 0 Å². The minimum absolute atomic E-state index is 0.193. The van der Waals surface area contributed by atoms with Crippen LogP contribution in [0.4, 0.5) is 9.18 Å². The molecular weight excluding hydrogens is 281 g/mol. The number of rotatable bonds is 5. The number of nitrogens with one attached hydrogen (secondary N) is 2. The zero-order valence-electron chi connectivity index (χ0n) is 13.8. The third kappa shape index (κ3) is 4.19. The third-order valence-electron chi connectivity index (χ3n) is 4.54. The molecular formula is C17H26FN3O. The minimum Gasteiger partial charge on any atom is -0.338 e. The average Bonchev–Trinajstić information content (AvgIpc) is 2.39. The van der Waals surface area contributed by atoms with Crippen molar-refractivity contribution in [3.63, 3.8) is 0 Å². The second-order valence-electron chi connectivity index (χ2n) is 6.54. The van der Waals surface area contributed by atoms with Gasteiger partial charge >= 0.3 is 6.03 Å². The highest BCUT2D eigenvalue weighted by molar-refractivity contribution is 5.74. The molecule has 1 fully saturated rings. The first-order valence-electron chi connectivity index (χ1n) is 7.83. The standard InChI is InChI=1S/C17H26FN3O/c1-11-5-6-14(9-16(11)18)12(2)20-17(22)19-10-13-7-15(8-13)21(3)4/h5-6,9,12-13,15H,7-8,10H2,1-4H3,(H2,19,20,22)/t12-,13?,15?/m1/s1. The van der Waals surface area contributed by atoms with Gasteiger partial charge in [-0.15, -0.1) is 0 Å². The largest absolute Gasteiger partial charge is 0.338 e. The summed E-state index contributed by atoms with van der Waals surface area (Å²) in [6.07, 6.45) is 2.26. The molecule has 2 rings (SSSR count). The van der Waals surface area contributed by atoms with Gasteiger partial charge in [-0.1, -0.05) is 12.1 Å². The van der Waals surface area contributed by atoms with Gasteiger partial charge in [-0.3, -0.25) is 0 Å². The highest BCUT2D eigenvalue weighted by Crippen LogP contribution is 2.29. The van der Waals surface area contributed by atoms with Crippen LogP contribution in [-0.2, 0) is 0 Å². The molecule has 2 N–H and O–H groups in total. The number of urea groups is 1. The summed E-state index contributed by atoms with van der Waals surface area (Å²) in [5.41, 5.74) is 1.38. The SMILES string of the molecule is Cc1ccc([C@@H](C)NC(=O)NCC2CC(N(C)C)C2)cc1F. The lowest BCUT2D eigenvalue weighted by Crippen LogP contribution is -2.47. The number of nitrogens with zero attached hydrogens (tertiary/aromatic N) is 1. The highest BCUT2D eigenvalue weighted by Gasteiger charge is 2.30. The summed E-state index contributed by atoms with van der Waals surface area (Å²) >= 11 is 0. The molecule has 1 aromatic carbocycles. The number of carbonyl (C=O) groups excluding carboxylic acids is 1. The van der Waals surface area contributed by atoms with Gasteiger partial charge < -0.3 is 15.5 Å². The number of hydrogen-bond donors (Lipinski definition) is 2. The van der Waals surface area contributed by atoms with Crippen molar-refractivity contribution in [1.82, 2.24) is 15.5 Å². The van der Waals surface area contributed by atoms with Crippen molar-refractivity contribution in [3.8, 4) is 0 Å². The van der Waals surface area contributed by atoms with Gasteiger partial charge in [-0.05, 0) is 63.9 Å². The predicted octanol–water partition coefficient (Wildman–Crippen LogP) is 2.83. The van der Waals surface area contributed by atoms with E-state index in [1.165, 1.54) is 6.07 Å². The zero-order chi connectivity index (χ0) is 16.3. The van der Waals surface area contributed by atoms with Crippen LogP contribution in [0, 0.1) is 18.7 Å². The van der Waals surface area contributed by atoms with E-state index in [4.69, 9.17) is 0 Å². The smallest absolute Gasteiger partial charge is 0.315 e. The van der Waals surface area contributed by atoms with Crippen LogP contribution in [-0.4, -0.2) is 37.6 Å². The molecule has 0 saturated heterocycles. The normalized spacial score (nSPS) is 22.1. The van der Waals surface area contributed by atoms with Crippen molar-refractivity contribution < 1.29 is 9.18 Å². The van der Waals surface area contributed by atoms with Crippen LogP contribution in [0.3, 0.4) is 0 Å². The number of halogens is 1. The third-order valence-corrected chi connectivity index (χ3v) is 4.54. The zero-order valence-corrected chi connectivity index (χ0v) is 13.8. The van der Waals surface area contributed by atoms with E-state index in [2.05, 4.69) is 29.6 Å². The summed E-state index contributed by atoms with van der Waals surface area (Å²) in [6, 6.07) is 5.29. The molecule has 122 valence electrons. The van der Waals surface area contributed by atoms with E-state index in [1.807, 2.05) is 13.0 Å². The number of carbonyl (C=O) groups is 1. The second kappa shape index (κ2) is 7.09. The van der Waals surface area contributed by atoms with E-state index in [-0.39, 0.29) is 17.9 Å². The Morgan fingerprint density at radius 1 is 1.41 bits per heavy atom. The summed E-state index contributed by atoms with van der Waals surface area (Å²) < 4.78 is 13.6. The van der Waals surface area contributed by atoms with E-state index in [0.717, 1.165) is 18.4 Å². The van der Waals surface area contributed by atoms with Gasteiger partial charge in [0.1, 0.15) is 5.82 Å². The Balaban J connectivity index is 1.74. The van der Waals surface area contributed by atoms with Gasteiger partial charge in [0.25, 0.3) is 0 Å². The Hall–Kier alpha value is -1.62. The molecule has 1 aliphatic rings. The van der Waals surface area contributed by atoms with Crippen LogP contribution in [0.1, 0.15) is 36.9 Å². The lowest BCUT2D eigenvalue weighted by molar-refractivity contribution is 0.123. The first-order chi connectivity index (χ1) is 10.4. The molecule has 0 bridgehead atoms. The van der Waals surface area contributed by atoms with E-state index in [0.29, 0.717) is 24.1 Å². The molecule has 5 heteroatoms. The topological polar surface area (TPSA) is 44.4 Å². The van der Waals surface area contributed by atoms with Crippen LogP contribution >= 0.6 is 0 Å². The van der Waals surface area contributed by atoms with E-state index in [1.54, 1.807) is 13.0 Å². The van der Waals surface area contributed by atoms with Crippen molar-refractivity contribution >= 4 is 6.03 Å². The van der Waals surface area contributed by atoms with Gasteiger partial charge in [0.05, 0.1) is 6.04 Å². The average molecular weight is 307 g/mol. The first-order valence-corrected chi connectivity index (χ1v) is 7.83. The van der Waals surface area contributed by atoms with Crippen molar-refractivity contribution in [2.24, 2.45) is 5.92 Å². The molecule has 0 unspecified atom stereocenters. The Bertz CT molecular complexity index is 527. The van der Waals surface area contributed by atoms with Crippen LogP contribution in [0.5, 0.6) is 0 Å². The lowest BCUT2D eigenvalue weighted by atomic mass is 9.79. The monoisotopic (exact) mass is 307 g/mol. The molecule has 4 nitrogen and oxygen atoms in total. The Labute approximate surface area is 132 Å². The minimum atomic E-state index is -0.240. The van der Waals surface area contributed by atoms with Crippen LogP contribution in [0.2, 0.25) is 0 Å². The molecule has 1 saturated carbocycles. The van der Waals surface area contributed by atoms with Crippen LogP contribution in [0.15, 0.2) is 18.2 Å². The van der Waals surface area contributed by atoms with E-state index < -0.39 is 0 Å². The Morgan fingerprint density at radius 2 is 2.09 bits per heavy atom. The summed E-state index contributed by atoms with van der Waals surface area (Å²) in [4.78, 5) is 14.1. The van der Waals surface area contributed by atoms with E-state index >= 15 is 0 Å². The van der Waals surface area contributed by atoms with Crippen LogP contribution < -0.4 is 10.6 Å². The summed E-state index contributed by atoms with van der Waals surface area (Å²) in [5.74, 6) is 0.320. The van der Waals surface area contributed by atoms with Gasteiger partial charge in [0, 0.05) is 12.6 Å². The molecule has 22 heavy (non-hydrogen) atoms. The fourth-order valence-electron chi connectivity index (χ4n) is 2.74. The lowest BCUT2D eigenvalue weighted by Gasteiger charge is -2.39.